The Hall–Kier alpha value is -0.490. The van der Waals surface area contributed by atoms with Gasteiger partial charge in [-0.1, -0.05) is 0 Å². The first kappa shape index (κ1) is 15.4. The van der Waals surface area contributed by atoms with Crippen molar-refractivity contribution >= 4 is 11.3 Å². The lowest BCUT2D eigenvalue weighted by atomic mass is 9.57. The standard InChI is InChI=1S/C16H26N2O2S/c1-3-20-15-10-14(16(15)5-8-19-9-6-16)17-7-4-13-12(2)18-11-21-13/h11,14-15,17H,3-10H2,1-2H3/t14-,15-/m0/s1. The summed E-state index contributed by atoms with van der Waals surface area (Å²) in [5.74, 6) is 0. The number of thiazole rings is 1. The fraction of sp³-hybridized carbons (Fsp3) is 0.812. The van der Waals surface area contributed by atoms with Gasteiger partial charge in [-0.05, 0) is 39.5 Å². The Labute approximate surface area is 131 Å². The first-order valence-electron chi connectivity index (χ1n) is 8.08. The first-order chi connectivity index (χ1) is 10.3. The zero-order valence-electron chi connectivity index (χ0n) is 13.1. The summed E-state index contributed by atoms with van der Waals surface area (Å²) in [7, 11) is 0. The topological polar surface area (TPSA) is 43.4 Å². The molecule has 1 spiro atoms. The molecule has 0 bridgehead atoms. The minimum absolute atomic E-state index is 0.316. The van der Waals surface area contributed by atoms with Gasteiger partial charge in [-0.15, -0.1) is 11.3 Å². The maximum absolute atomic E-state index is 5.97. The molecule has 0 unspecified atom stereocenters. The Bertz CT molecular complexity index is 457. The molecule has 2 fully saturated rings. The van der Waals surface area contributed by atoms with Gasteiger partial charge >= 0.3 is 0 Å². The van der Waals surface area contributed by atoms with Crippen molar-refractivity contribution in [1.29, 1.82) is 0 Å². The van der Waals surface area contributed by atoms with Crippen LogP contribution in [0.1, 0.15) is 36.8 Å². The second-order valence-electron chi connectivity index (χ2n) is 6.14. The number of hydrogen-bond acceptors (Lipinski definition) is 5. The molecule has 0 amide bonds. The summed E-state index contributed by atoms with van der Waals surface area (Å²) in [6, 6.07) is 0.589. The molecule has 2 heterocycles. The van der Waals surface area contributed by atoms with E-state index in [2.05, 4.69) is 24.1 Å². The van der Waals surface area contributed by atoms with Gasteiger partial charge in [0.15, 0.2) is 0 Å². The van der Waals surface area contributed by atoms with Gasteiger partial charge in [0.05, 0.1) is 17.3 Å². The van der Waals surface area contributed by atoms with Crippen molar-refractivity contribution in [2.45, 2.75) is 51.7 Å². The van der Waals surface area contributed by atoms with Crippen molar-refractivity contribution in [2.24, 2.45) is 5.41 Å². The number of aromatic nitrogens is 1. The largest absolute Gasteiger partial charge is 0.381 e. The Kier molecular flexibility index (Phi) is 4.94. The second-order valence-corrected chi connectivity index (χ2v) is 7.08. The highest BCUT2D eigenvalue weighted by Crippen LogP contribution is 2.50. The van der Waals surface area contributed by atoms with Gasteiger partial charge in [-0.2, -0.15) is 0 Å². The van der Waals surface area contributed by atoms with E-state index < -0.39 is 0 Å². The molecule has 4 nitrogen and oxygen atoms in total. The molecule has 21 heavy (non-hydrogen) atoms. The summed E-state index contributed by atoms with van der Waals surface area (Å²) in [6.07, 6.45) is 4.92. The third-order valence-electron chi connectivity index (χ3n) is 5.16. The molecular formula is C16H26N2O2S. The fourth-order valence-corrected chi connectivity index (χ4v) is 4.60. The van der Waals surface area contributed by atoms with E-state index >= 15 is 0 Å². The number of aryl methyl sites for hydroxylation is 1. The number of nitrogens with zero attached hydrogens (tertiary/aromatic N) is 1. The first-order valence-corrected chi connectivity index (χ1v) is 8.96. The highest BCUT2D eigenvalue weighted by molar-refractivity contribution is 7.09. The number of hydrogen-bond donors (Lipinski definition) is 1. The Morgan fingerprint density at radius 3 is 2.95 bits per heavy atom. The summed E-state index contributed by atoms with van der Waals surface area (Å²) in [5, 5.41) is 3.78. The number of nitrogens with one attached hydrogen (secondary N) is 1. The quantitative estimate of drug-likeness (QED) is 0.877. The Balaban J connectivity index is 1.54. The molecular weight excluding hydrogens is 284 g/mol. The predicted molar refractivity (Wildman–Crippen MR) is 84.9 cm³/mol. The number of ether oxygens (including phenoxy) is 2. The molecule has 1 aromatic rings. The van der Waals surface area contributed by atoms with Crippen LogP contribution in [0, 0.1) is 12.3 Å². The van der Waals surface area contributed by atoms with E-state index in [0.717, 1.165) is 52.0 Å². The molecule has 2 atom stereocenters. The van der Waals surface area contributed by atoms with E-state index in [1.165, 1.54) is 10.6 Å². The molecule has 1 saturated carbocycles. The smallest absolute Gasteiger partial charge is 0.0797 e. The molecule has 0 radical (unpaired) electrons. The molecule has 118 valence electrons. The maximum Gasteiger partial charge on any atom is 0.0797 e. The van der Waals surface area contributed by atoms with Gasteiger partial charge in [0.25, 0.3) is 0 Å². The van der Waals surface area contributed by atoms with E-state index in [-0.39, 0.29) is 0 Å². The molecule has 1 N–H and O–H groups in total. The SMILES string of the molecule is CCO[C@H]1C[C@H](NCCc2scnc2C)C12CCOCC2. The molecule has 1 aromatic heterocycles. The average Bonchev–Trinajstić information content (AvgIpc) is 2.92. The fourth-order valence-electron chi connectivity index (χ4n) is 3.82. The van der Waals surface area contributed by atoms with Crippen LogP contribution in [0.25, 0.3) is 0 Å². The predicted octanol–water partition coefficient (Wildman–Crippen LogP) is 2.56. The van der Waals surface area contributed by atoms with Crippen LogP contribution in [0.5, 0.6) is 0 Å². The van der Waals surface area contributed by atoms with Crippen molar-refractivity contribution in [3.8, 4) is 0 Å². The lowest BCUT2D eigenvalue weighted by Crippen LogP contribution is -2.65. The summed E-state index contributed by atoms with van der Waals surface area (Å²) < 4.78 is 11.5. The highest BCUT2D eigenvalue weighted by atomic mass is 32.1. The van der Waals surface area contributed by atoms with Crippen molar-refractivity contribution in [1.82, 2.24) is 10.3 Å². The lowest BCUT2D eigenvalue weighted by molar-refractivity contribution is -0.172. The third-order valence-corrected chi connectivity index (χ3v) is 6.16. The van der Waals surface area contributed by atoms with E-state index in [1.54, 1.807) is 11.3 Å². The van der Waals surface area contributed by atoms with E-state index in [0.29, 0.717) is 17.6 Å². The highest BCUT2D eigenvalue weighted by Gasteiger charge is 2.55. The normalized spacial score (nSPS) is 27.7. The minimum atomic E-state index is 0.316. The van der Waals surface area contributed by atoms with E-state index in [9.17, 15) is 0 Å². The van der Waals surface area contributed by atoms with E-state index in [1.807, 2.05) is 5.51 Å². The van der Waals surface area contributed by atoms with Crippen LogP contribution in [0.4, 0.5) is 0 Å². The van der Waals surface area contributed by atoms with Gasteiger partial charge in [-0.3, -0.25) is 0 Å². The van der Waals surface area contributed by atoms with Crippen LogP contribution in [0.15, 0.2) is 5.51 Å². The number of rotatable bonds is 6. The van der Waals surface area contributed by atoms with Crippen LogP contribution in [-0.2, 0) is 15.9 Å². The summed E-state index contributed by atoms with van der Waals surface area (Å²) in [5.41, 5.74) is 3.44. The Morgan fingerprint density at radius 2 is 2.29 bits per heavy atom. The molecule has 1 aliphatic heterocycles. The van der Waals surface area contributed by atoms with Gasteiger partial charge in [-0.25, -0.2) is 4.98 Å². The molecule has 2 aliphatic rings. The zero-order valence-corrected chi connectivity index (χ0v) is 13.9. The van der Waals surface area contributed by atoms with Crippen LogP contribution in [-0.4, -0.2) is 43.5 Å². The van der Waals surface area contributed by atoms with Gasteiger partial charge in [0.2, 0.25) is 0 Å². The van der Waals surface area contributed by atoms with Crippen LogP contribution in [0.2, 0.25) is 0 Å². The van der Waals surface area contributed by atoms with Crippen molar-refractivity contribution in [2.75, 3.05) is 26.4 Å². The summed E-state index contributed by atoms with van der Waals surface area (Å²) in [4.78, 5) is 5.73. The van der Waals surface area contributed by atoms with Gasteiger partial charge < -0.3 is 14.8 Å². The van der Waals surface area contributed by atoms with Gasteiger partial charge in [0.1, 0.15) is 0 Å². The van der Waals surface area contributed by atoms with Crippen molar-refractivity contribution < 1.29 is 9.47 Å². The van der Waals surface area contributed by atoms with E-state index in [4.69, 9.17) is 9.47 Å². The maximum atomic E-state index is 5.97. The monoisotopic (exact) mass is 310 g/mol. The molecule has 1 aliphatic carbocycles. The van der Waals surface area contributed by atoms with Crippen molar-refractivity contribution in [3.63, 3.8) is 0 Å². The lowest BCUT2D eigenvalue weighted by Gasteiger charge is -2.57. The van der Waals surface area contributed by atoms with Crippen molar-refractivity contribution in [3.05, 3.63) is 16.1 Å². The molecule has 3 rings (SSSR count). The average molecular weight is 310 g/mol. The molecule has 5 heteroatoms. The van der Waals surface area contributed by atoms with Crippen LogP contribution < -0.4 is 5.32 Å². The summed E-state index contributed by atoms with van der Waals surface area (Å²) >= 11 is 1.77. The Morgan fingerprint density at radius 1 is 1.48 bits per heavy atom. The summed E-state index contributed by atoms with van der Waals surface area (Å²) in [6.45, 7) is 7.82. The third kappa shape index (κ3) is 3.02. The van der Waals surface area contributed by atoms with Crippen LogP contribution in [0.3, 0.4) is 0 Å². The van der Waals surface area contributed by atoms with Crippen LogP contribution >= 0.6 is 11.3 Å². The zero-order chi connectivity index (χ0) is 14.7. The molecule has 1 saturated heterocycles. The molecule has 0 aromatic carbocycles. The minimum Gasteiger partial charge on any atom is -0.381 e. The van der Waals surface area contributed by atoms with Gasteiger partial charge in [0, 0.05) is 42.7 Å². The second kappa shape index (κ2) is 6.73.